The van der Waals surface area contributed by atoms with E-state index in [0.29, 0.717) is 0 Å². The number of nitrogens with zero attached hydrogens (tertiary/aromatic N) is 1. The summed E-state index contributed by atoms with van der Waals surface area (Å²) in [6.07, 6.45) is -4.47. The molecular formula is C7H13F3N2O2S. The van der Waals surface area contributed by atoms with E-state index < -0.39 is 27.4 Å². The lowest BCUT2D eigenvalue weighted by Gasteiger charge is -2.24. The fourth-order valence-electron chi connectivity index (χ4n) is 1.56. The van der Waals surface area contributed by atoms with Crippen molar-refractivity contribution >= 4 is 10.0 Å². The highest BCUT2D eigenvalue weighted by Crippen LogP contribution is 2.34. The van der Waals surface area contributed by atoms with Crippen LogP contribution in [0.4, 0.5) is 13.2 Å². The van der Waals surface area contributed by atoms with Gasteiger partial charge in [-0.25, -0.2) is 12.7 Å². The first-order chi connectivity index (χ1) is 6.67. The van der Waals surface area contributed by atoms with Gasteiger partial charge in [0.15, 0.2) is 0 Å². The third-order valence-corrected chi connectivity index (χ3v) is 4.75. The Kier molecular flexibility index (Phi) is 3.32. The summed E-state index contributed by atoms with van der Waals surface area (Å²) in [6.45, 7) is -0.480. The molecule has 2 atom stereocenters. The van der Waals surface area contributed by atoms with E-state index in [9.17, 15) is 21.6 Å². The zero-order chi connectivity index (χ0) is 11.9. The van der Waals surface area contributed by atoms with Gasteiger partial charge in [-0.2, -0.15) is 13.2 Å². The molecule has 0 bridgehead atoms. The Morgan fingerprint density at radius 1 is 1.27 bits per heavy atom. The highest BCUT2D eigenvalue weighted by atomic mass is 32.2. The summed E-state index contributed by atoms with van der Waals surface area (Å²) in [5.41, 5.74) is 0. The molecule has 1 N–H and O–H groups in total. The molecule has 0 aromatic rings. The molecule has 1 heterocycles. The van der Waals surface area contributed by atoms with Crippen LogP contribution >= 0.6 is 0 Å². The Morgan fingerprint density at radius 3 is 2.20 bits per heavy atom. The van der Waals surface area contributed by atoms with Gasteiger partial charge in [0.05, 0.1) is 5.92 Å². The van der Waals surface area contributed by atoms with Crippen LogP contribution in [0.25, 0.3) is 0 Å². The van der Waals surface area contributed by atoms with Crippen molar-refractivity contribution in [3.63, 3.8) is 0 Å². The topological polar surface area (TPSA) is 49.4 Å². The van der Waals surface area contributed by atoms with Crippen LogP contribution in [0.3, 0.4) is 0 Å². The molecule has 0 amide bonds. The smallest absolute Gasteiger partial charge is 0.315 e. The number of alkyl halides is 3. The first kappa shape index (κ1) is 12.7. The van der Waals surface area contributed by atoms with Crippen LogP contribution in [0.2, 0.25) is 0 Å². The number of rotatable bonds is 2. The van der Waals surface area contributed by atoms with E-state index in [-0.39, 0.29) is 13.1 Å². The van der Waals surface area contributed by atoms with Gasteiger partial charge in [-0.15, -0.1) is 0 Å². The molecule has 1 rings (SSSR count). The van der Waals surface area contributed by atoms with Crippen molar-refractivity contribution in [3.8, 4) is 0 Å². The molecule has 8 heteroatoms. The molecule has 90 valence electrons. The molecule has 0 aromatic heterocycles. The second-order valence-corrected chi connectivity index (χ2v) is 6.04. The molecule has 0 aliphatic carbocycles. The third kappa shape index (κ3) is 2.43. The molecule has 1 aliphatic rings. The molecule has 0 saturated carbocycles. The molecule has 15 heavy (non-hydrogen) atoms. The Bertz CT molecular complexity index is 326. The SMILES string of the molecule is CN(C)S(=O)(=O)[C@@H]1CNC[C@H]1C(F)(F)F. The summed E-state index contributed by atoms with van der Waals surface area (Å²) < 4.78 is 61.4. The van der Waals surface area contributed by atoms with E-state index in [2.05, 4.69) is 5.32 Å². The summed E-state index contributed by atoms with van der Waals surface area (Å²) in [5, 5.41) is 1.05. The van der Waals surface area contributed by atoms with Crippen molar-refractivity contribution in [2.24, 2.45) is 5.92 Å². The Morgan fingerprint density at radius 2 is 1.80 bits per heavy atom. The molecule has 1 aliphatic heterocycles. The van der Waals surface area contributed by atoms with Crippen LogP contribution in [0, 0.1) is 5.92 Å². The average molecular weight is 246 g/mol. The average Bonchev–Trinajstić information content (AvgIpc) is 2.49. The second-order valence-electron chi connectivity index (χ2n) is 3.67. The van der Waals surface area contributed by atoms with Gasteiger partial charge in [0.1, 0.15) is 5.25 Å². The summed E-state index contributed by atoms with van der Waals surface area (Å²) in [5.74, 6) is -1.81. The normalized spacial score (nSPS) is 28.7. The van der Waals surface area contributed by atoms with Gasteiger partial charge in [-0.3, -0.25) is 0 Å². The van der Waals surface area contributed by atoms with Gasteiger partial charge >= 0.3 is 6.18 Å². The third-order valence-electron chi connectivity index (χ3n) is 2.47. The zero-order valence-electron chi connectivity index (χ0n) is 8.37. The van der Waals surface area contributed by atoms with Crippen molar-refractivity contribution < 1.29 is 21.6 Å². The van der Waals surface area contributed by atoms with Crippen LogP contribution in [-0.4, -0.2) is 51.3 Å². The predicted molar refractivity (Wildman–Crippen MR) is 48.8 cm³/mol. The number of halogens is 3. The van der Waals surface area contributed by atoms with E-state index >= 15 is 0 Å². The molecule has 0 radical (unpaired) electrons. The van der Waals surface area contributed by atoms with Crippen LogP contribution < -0.4 is 5.32 Å². The van der Waals surface area contributed by atoms with Crippen molar-refractivity contribution in [1.82, 2.24) is 9.62 Å². The quantitative estimate of drug-likeness (QED) is 0.747. The van der Waals surface area contributed by atoms with Crippen LogP contribution in [0.5, 0.6) is 0 Å². The molecule has 1 fully saturated rings. The van der Waals surface area contributed by atoms with E-state index in [1.54, 1.807) is 0 Å². The number of nitrogens with one attached hydrogen (secondary N) is 1. The maximum atomic E-state index is 12.5. The summed E-state index contributed by atoms with van der Waals surface area (Å²) in [6, 6.07) is 0. The maximum Gasteiger partial charge on any atom is 0.394 e. The largest absolute Gasteiger partial charge is 0.394 e. The van der Waals surface area contributed by atoms with Gasteiger partial charge < -0.3 is 5.32 Å². The van der Waals surface area contributed by atoms with E-state index in [1.807, 2.05) is 0 Å². The Hall–Kier alpha value is -0.340. The first-order valence-corrected chi connectivity index (χ1v) is 5.86. The van der Waals surface area contributed by atoms with Gasteiger partial charge in [-0.1, -0.05) is 0 Å². The molecule has 0 aromatic carbocycles. The zero-order valence-corrected chi connectivity index (χ0v) is 9.19. The van der Waals surface area contributed by atoms with E-state index in [1.165, 1.54) is 14.1 Å². The van der Waals surface area contributed by atoms with Gasteiger partial charge in [-0.05, 0) is 0 Å². The van der Waals surface area contributed by atoms with Crippen LogP contribution in [0.1, 0.15) is 0 Å². The molecule has 0 spiro atoms. The summed E-state index contributed by atoms with van der Waals surface area (Å²) in [7, 11) is -1.38. The lowest BCUT2D eigenvalue weighted by Crippen LogP contribution is -2.43. The minimum Gasteiger partial charge on any atom is -0.315 e. The van der Waals surface area contributed by atoms with E-state index in [4.69, 9.17) is 0 Å². The number of hydrogen-bond donors (Lipinski definition) is 1. The standard InChI is InChI=1S/C7H13F3N2O2S/c1-12(2)15(13,14)6-4-11-3-5(6)7(8,9)10/h5-6,11H,3-4H2,1-2H3/t5-,6-/m1/s1. The lowest BCUT2D eigenvalue weighted by atomic mass is 10.1. The van der Waals surface area contributed by atoms with Gasteiger partial charge in [0.2, 0.25) is 10.0 Å². The monoisotopic (exact) mass is 246 g/mol. The fourth-order valence-corrected chi connectivity index (χ4v) is 3.10. The molecule has 4 nitrogen and oxygen atoms in total. The van der Waals surface area contributed by atoms with E-state index in [0.717, 1.165) is 4.31 Å². The predicted octanol–water partition coefficient (Wildman–Crippen LogP) is 0.0281. The highest BCUT2D eigenvalue weighted by Gasteiger charge is 2.52. The molecule has 0 unspecified atom stereocenters. The second kappa shape index (κ2) is 3.91. The number of hydrogen-bond acceptors (Lipinski definition) is 3. The van der Waals surface area contributed by atoms with Gasteiger partial charge in [0.25, 0.3) is 0 Å². The van der Waals surface area contributed by atoms with Crippen molar-refractivity contribution in [2.75, 3.05) is 27.2 Å². The van der Waals surface area contributed by atoms with Crippen LogP contribution in [-0.2, 0) is 10.0 Å². The van der Waals surface area contributed by atoms with Gasteiger partial charge in [0, 0.05) is 27.2 Å². The molecular weight excluding hydrogens is 233 g/mol. The van der Waals surface area contributed by atoms with Crippen LogP contribution in [0.15, 0.2) is 0 Å². The fraction of sp³-hybridized carbons (Fsp3) is 1.00. The van der Waals surface area contributed by atoms with Crippen molar-refractivity contribution in [2.45, 2.75) is 11.4 Å². The summed E-state index contributed by atoms with van der Waals surface area (Å²) in [4.78, 5) is 0. The maximum absolute atomic E-state index is 12.5. The Balaban J connectivity index is 2.97. The Labute approximate surface area is 86.5 Å². The first-order valence-electron chi connectivity index (χ1n) is 4.36. The van der Waals surface area contributed by atoms with Crippen molar-refractivity contribution in [3.05, 3.63) is 0 Å². The lowest BCUT2D eigenvalue weighted by molar-refractivity contribution is -0.167. The minimum atomic E-state index is -4.47. The minimum absolute atomic E-state index is 0.148. The summed E-state index contributed by atoms with van der Waals surface area (Å²) >= 11 is 0. The van der Waals surface area contributed by atoms with Crippen molar-refractivity contribution in [1.29, 1.82) is 0 Å². The highest BCUT2D eigenvalue weighted by molar-refractivity contribution is 7.89. The number of sulfonamides is 1. The molecule has 1 saturated heterocycles.